The van der Waals surface area contributed by atoms with Crippen LogP contribution in [0.15, 0.2) is 48.5 Å². The Balaban J connectivity index is 2.15. The lowest BCUT2D eigenvalue weighted by Crippen LogP contribution is -2.37. The minimum atomic E-state index is -0.890. The molecule has 138 valence electrons. The van der Waals surface area contributed by atoms with Gasteiger partial charge in [0.15, 0.2) is 0 Å². The van der Waals surface area contributed by atoms with Crippen molar-refractivity contribution in [3.8, 4) is 11.5 Å². The van der Waals surface area contributed by atoms with Crippen molar-refractivity contribution < 1.29 is 24.2 Å². The number of carboxylic acid groups (broad SMARTS) is 1. The van der Waals surface area contributed by atoms with Gasteiger partial charge in [0, 0.05) is 18.5 Å². The highest BCUT2D eigenvalue weighted by molar-refractivity contribution is 5.97. The van der Waals surface area contributed by atoms with E-state index in [1.54, 1.807) is 18.2 Å². The van der Waals surface area contributed by atoms with Crippen LogP contribution in [0.4, 0.5) is 0 Å². The SMILES string of the molecule is COc1ccc(C(=O)NC(CCC(=O)O)Cc2ccccc2)c(OC)c1. The zero-order valence-corrected chi connectivity index (χ0v) is 14.9. The molecule has 2 aromatic rings. The van der Waals surface area contributed by atoms with Crippen LogP contribution >= 0.6 is 0 Å². The lowest BCUT2D eigenvalue weighted by Gasteiger charge is -2.19. The van der Waals surface area contributed by atoms with Gasteiger partial charge in [0.05, 0.1) is 19.8 Å². The number of rotatable bonds is 9. The molecule has 0 aliphatic rings. The summed E-state index contributed by atoms with van der Waals surface area (Å²) in [6.45, 7) is 0. The summed E-state index contributed by atoms with van der Waals surface area (Å²) in [5, 5.41) is 11.9. The zero-order valence-electron chi connectivity index (χ0n) is 14.9. The molecule has 1 atom stereocenters. The number of carbonyl (C=O) groups is 2. The summed E-state index contributed by atoms with van der Waals surface area (Å²) in [4.78, 5) is 23.6. The van der Waals surface area contributed by atoms with Gasteiger partial charge in [0.2, 0.25) is 0 Å². The second-order valence-corrected chi connectivity index (χ2v) is 5.86. The maximum Gasteiger partial charge on any atom is 0.303 e. The number of carbonyl (C=O) groups excluding carboxylic acids is 1. The van der Waals surface area contributed by atoms with Gasteiger partial charge < -0.3 is 19.9 Å². The highest BCUT2D eigenvalue weighted by atomic mass is 16.5. The molecule has 0 aliphatic heterocycles. The first kappa shape index (κ1) is 19.3. The molecule has 1 amide bonds. The molecular weight excluding hydrogens is 334 g/mol. The monoisotopic (exact) mass is 357 g/mol. The van der Waals surface area contributed by atoms with Crippen molar-refractivity contribution in [1.82, 2.24) is 5.32 Å². The molecule has 0 heterocycles. The normalized spacial score (nSPS) is 11.5. The molecular formula is C20H23NO5. The van der Waals surface area contributed by atoms with Crippen molar-refractivity contribution in [2.45, 2.75) is 25.3 Å². The molecule has 0 saturated carbocycles. The maximum atomic E-state index is 12.7. The Morgan fingerprint density at radius 1 is 1.08 bits per heavy atom. The van der Waals surface area contributed by atoms with Gasteiger partial charge in [-0.2, -0.15) is 0 Å². The van der Waals surface area contributed by atoms with Crippen LogP contribution in [0.25, 0.3) is 0 Å². The number of ether oxygens (including phenoxy) is 2. The number of hydrogen-bond acceptors (Lipinski definition) is 4. The van der Waals surface area contributed by atoms with E-state index in [0.717, 1.165) is 5.56 Å². The number of methoxy groups -OCH3 is 2. The van der Waals surface area contributed by atoms with Gasteiger partial charge in [-0.3, -0.25) is 9.59 Å². The van der Waals surface area contributed by atoms with Crippen molar-refractivity contribution in [3.63, 3.8) is 0 Å². The molecule has 0 spiro atoms. The molecule has 0 fully saturated rings. The molecule has 2 rings (SSSR count). The Labute approximate surface area is 152 Å². The molecule has 0 aliphatic carbocycles. The topological polar surface area (TPSA) is 84.9 Å². The lowest BCUT2D eigenvalue weighted by molar-refractivity contribution is -0.137. The van der Waals surface area contributed by atoms with E-state index in [4.69, 9.17) is 14.6 Å². The second-order valence-electron chi connectivity index (χ2n) is 5.86. The van der Waals surface area contributed by atoms with Crippen LogP contribution in [0.1, 0.15) is 28.8 Å². The molecule has 2 aromatic carbocycles. The first-order chi connectivity index (χ1) is 12.5. The van der Waals surface area contributed by atoms with Crippen molar-refractivity contribution in [1.29, 1.82) is 0 Å². The van der Waals surface area contributed by atoms with Gasteiger partial charge >= 0.3 is 5.97 Å². The van der Waals surface area contributed by atoms with Gasteiger partial charge in [0.25, 0.3) is 5.91 Å². The average Bonchev–Trinajstić information content (AvgIpc) is 2.66. The molecule has 26 heavy (non-hydrogen) atoms. The molecule has 0 aromatic heterocycles. The van der Waals surface area contributed by atoms with Crippen LogP contribution in [0.5, 0.6) is 11.5 Å². The Bertz CT molecular complexity index is 745. The summed E-state index contributed by atoms with van der Waals surface area (Å²) < 4.78 is 10.4. The van der Waals surface area contributed by atoms with Crippen LogP contribution in [0.3, 0.4) is 0 Å². The fraction of sp³-hybridized carbons (Fsp3) is 0.300. The van der Waals surface area contributed by atoms with E-state index in [-0.39, 0.29) is 18.4 Å². The summed E-state index contributed by atoms with van der Waals surface area (Å²) in [6.07, 6.45) is 0.879. The first-order valence-corrected chi connectivity index (χ1v) is 8.32. The Hall–Kier alpha value is -3.02. The summed E-state index contributed by atoms with van der Waals surface area (Å²) >= 11 is 0. The Kier molecular flexibility index (Phi) is 7.02. The second kappa shape index (κ2) is 9.46. The van der Waals surface area contributed by atoms with Gasteiger partial charge in [-0.25, -0.2) is 0 Å². The predicted octanol–water partition coefficient (Wildman–Crippen LogP) is 2.91. The fourth-order valence-corrected chi connectivity index (χ4v) is 2.67. The van der Waals surface area contributed by atoms with E-state index in [9.17, 15) is 9.59 Å². The first-order valence-electron chi connectivity index (χ1n) is 8.32. The van der Waals surface area contributed by atoms with E-state index in [1.807, 2.05) is 30.3 Å². The van der Waals surface area contributed by atoms with E-state index < -0.39 is 5.97 Å². The Morgan fingerprint density at radius 3 is 2.42 bits per heavy atom. The van der Waals surface area contributed by atoms with Crippen LogP contribution in [0, 0.1) is 0 Å². The number of nitrogens with one attached hydrogen (secondary N) is 1. The van der Waals surface area contributed by atoms with Crippen molar-refractivity contribution in [2.24, 2.45) is 0 Å². The van der Waals surface area contributed by atoms with Crippen molar-refractivity contribution >= 4 is 11.9 Å². The van der Waals surface area contributed by atoms with E-state index >= 15 is 0 Å². The summed E-state index contributed by atoms with van der Waals surface area (Å²) in [6, 6.07) is 14.3. The Morgan fingerprint density at radius 2 is 1.81 bits per heavy atom. The number of aliphatic carboxylic acids is 1. The van der Waals surface area contributed by atoms with Crippen molar-refractivity contribution in [2.75, 3.05) is 14.2 Å². The molecule has 0 radical (unpaired) electrons. The number of amides is 1. The number of carboxylic acids is 1. The van der Waals surface area contributed by atoms with E-state index in [2.05, 4.69) is 5.32 Å². The van der Waals surface area contributed by atoms with E-state index in [0.29, 0.717) is 29.9 Å². The third kappa shape index (κ3) is 5.51. The summed E-state index contributed by atoms with van der Waals surface area (Å²) in [7, 11) is 3.02. The van der Waals surface area contributed by atoms with Crippen LogP contribution in [0.2, 0.25) is 0 Å². The van der Waals surface area contributed by atoms with Crippen LogP contribution in [-0.4, -0.2) is 37.2 Å². The number of benzene rings is 2. The zero-order chi connectivity index (χ0) is 18.9. The minimum absolute atomic E-state index is 0.0163. The third-order valence-corrected chi connectivity index (χ3v) is 4.02. The minimum Gasteiger partial charge on any atom is -0.497 e. The lowest BCUT2D eigenvalue weighted by atomic mass is 10.0. The van der Waals surface area contributed by atoms with Crippen LogP contribution < -0.4 is 14.8 Å². The number of hydrogen-bond donors (Lipinski definition) is 2. The molecule has 6 nitrogen and oxygen atoms in total. The molecule has 6 heteroatoms. The average molecular weight is 357 g/mol. The largest absolute Gasteiger partial charge is 0.497 e. The summed E-state index contributed by atoms with van der Waals surface area (Å²) in [5.74, 6) is -0.209. The molecule has 1 unspecified atom stereocenters. The van der Waals surface area contributed by atoms with Gasteiger partial charge in [-0.1, -0.05) is 30.3 Å². The summed E-state index contributed by atoms with van der Waals surface area (Å²) in [5.41, 5.74) is 1.41. The van der Waals surface area contributed by atoms with Gasteiger partial charge in [-0.05, 0) is 30.5 Å². The standard InChI is InChI=1S/C20H23NO5/c1-25-16-9-10-17(18(13-16)26-2)20(24)21-15(8-11-19(22)23)12-14-6-4-3-5-7-14/h3-7,9-10,13,15H,8,11-12H2,1-2H3,(H,21,24)(H,22,23). The maximum absolute atomic E-state index is 12.7. The predicted molar refractivity (Wildman–Crippen MR) is 97.8 cm³/mol. The molecule has 2 N–H and O–H groups in total. The molecule has 0 saturated heterocycles. The van der Waals surface area contributed by atoms with Gasteiger partial charge in [-0.15, -0.1) is 0 Å². The quantitative estimate of drug-likeness (QED) is 0.721. The van der Waals surface area contributed by atoms with E-state index in [1.165, 1.54) is 14.2 Å². The van der Waals surface area contributed by atoms with Gasteiger partial charge in [0.1, 0.15) is 11.5 Å². The highest BCUT2D eigenvalue weighted by Gasteiger charge is 2.19. The smallest absolute Gasteiger partial charge is 0.303 e. The third-order valence-electron chi connectivity index (χ3n) is 4.02. The van der Waals surface area contributed by atoms with Crippen molar-refractivity contribution in [3.05, 3.63) is 59.7 Å². The fourth-order valence-electron chi connectivity index (χ4n) is 2.67. The van der Waals surface area contributed by atoms with Crippen LogP contribution in [-0.2, 0) is 11.2 Å². The highest BCUT2D eigenvalue weighted by Crippen LogP contribution is 2.24. The molecule has 0 bridgehead atoms.